The van der Waals surface area contributed by atoms with E-state index in [0.29, 0.717) is 18.3 Å². The number of benzene rings is 2. The molecule has 0 spiro atoms. The lowest BCUT2D eigenvalue weighted by molar-refractivity contribution is -0.127. The second kappa shape index (κ2) is 8.82. The molecule has 1 saturated carbocycles. The number of hydrogen-bond donors (Lipinski definition) is 0. The van der Waals surface area contributed by atoms with Crippen LogP contribution in [0.25, 0.3) is 10.8 Å². The average Bonchev–Trinajstić information content (AvgIpc) is 3.43. The maximum Gasteiger partial charge on any atom is 0.233 e. The fourth-order valence-corrected chi connectivity index (χ4v) is 4.64. The SMILES string of the molecule is COc1ccc2cc(CN(C)C(=O)CSc3nnnn3C3CCCC3)ccc2c1. The Hall–Kier alpha value is -2.61. The summed E-state index contributed by atoms with van der Waals surface area (Å²) in [5, 5.41) is 15.0. The molecular weight excluding hydrogens is 386 g/mol. The fraction of sp³-hybridized carbons (Fsp3) is 0.429. The number of rotatable bonds is 7. The summed E-state index contributed by atoms with van der Waals surface area (Å²) in [5.74, 6) is 1.23. The first-order valence-electron chi connectivity index (χ1n) is 9.85. The highest BCUT2D eigenvalue weighted by Gasteiger charge is 2.22. The minimum absolute atomic E-state index is 0.0609. The van der Waals surface area contributed by atoms with Crippen molar-refractivity contribution in [2.24, 2.45) is 0 Å². The second-order valence-corrected chi connectivity index (χ2v) is 8.37. The summed E-state index contributed by atoms with van der Waals surface area (Å²) < 4.78 is 7.17. The van der Waals surface area contributed by atoms with Crippen molar-refractivity contribution in [1.82, 2.24) is 25.1 Å². The predicted octanol–water partition coefficient (Wildman–Crippen LogP) is 3.70. The Morgan fingerprint density at radius 2 is 1.97 bits per heavy atom. The van der Waals surface area contributed by atoms with Crippen LogP contribution in [0.5, 0.6) is 5.75 Å². The van der Waals surface area contributed by atoms with Crippen molar-refractivity contribution in [1.29, 1.82) is 0 Å². The Kier molecular flexibility index (Phi) is 5.99. The summed E-state index contributed by atoms with van der Waals surface area (Å²) in [6.07, 6.45) is 4.66. The summed E-state index contributed by atoms with van der Waals surface area (Å²) >= 11 is 1.42. The van der Waals surface area contributed by atoms with Crippen molar-refractivity contribution in [3.05, 3.63) is 42.0 Å². The highest BCUT2D eigenvalue weighted by molar-refractivity contribution is 7.99. The zero-order chi connectivity index (χ0) is 20.2. The van der Waals surface area contributed by atoms with Gasteiger partial charge in [-0.15, -0.1) is 5.10 Å². The molecule has 152 valence electrons. The van der Waals surface area contributed by atoms with Gasteiger partial charge in [0.25, 0.3) is 0 Å². The minimum Gasteiger partial charge on any atom is -0.497 e. The molecule has 1 heterocycles. The maximum absolute atomic E-state index is 12.6. The van der Waals surface area contributed by atoms with Crippen molar-refractivity contribution >= 4 is 28.4 Å². The summed E-state index contributed by atoms with van der Waals surface area (Å²) in [5.41, 5.74) is 1.10. The Morgan fingerprint density at radius 3 is 2.76 bits per heavy atom. The number of amides is 1. The van der Waals surface area contributed by atoms with Gasteiger partial charge in [0, 0.05) is 13.6 Å². The normalized spacial score (nSPS) is 14.4. The molecule has 0 saturated heterocycles. The van der Waals surface area contributed by atoms with Crippen molar-refractivity contribution < 1.29 is 9.53 Å². The molecule has 0 radical (unpaired) electrons. The van der Waals surface area contributed by atoms with E-state index in [9.17, 15) is 4.79 Å². The van der Waals surface area contributed by atoms with Crippen molar-refractivity contribution in [3.63, 3.8) is 0 Å². The Bertz CT molecular complexity index is 1000. The molecule has 7 nitrogen and oxygen atoms in total. The first-order chi connectivity index (χ1) is 14.1. The van der Waals surface area contributed by atoms with E-state index in [-0.39, 0.29) is 5.91 Å². The van der Waals surface area contributed by atoms with Gasteiger partial charge < -0.3 is 9.64 Å². The van der Waals surface area contributed by atoms with Crippen LogP contribution in [0.3, 0.4) is 0 Å². The van der Waals surface area contributed by atoms with Gasteiger partial charge in [0.2, 0.25) is 11.1 Å². The monoisotopic (exact) mass is 411 g/mol. The number of aromatic nitrogens is 4. The van der Waals surface area contributed by atoms with E-state index in [1.807, 2.05) is 29.9 Å². The fourth-order valence-electron chi connectivity index (χ4n) is 3.76. The summed E-state index contributed by atoms with van der Waals surface area (Å²) in [4.78, 5) is 14.4. The molecule has 0 N–H and O–H groups in total. The molecule has 29 heavy (non-hydrogen) atoms. The molecule has 0 atom stereocenters. The van der Waals surface area contributed by atoms with Crippen LogP contribution in [0, 0.1) is 0 Å². The molecule has 3 aromatic rings. The molecule has 2 aromatic carbocycles. The van der Waals surface area contributed by atoms with Crippen LogP contribution in [0.1, 0.15) is 37.3 Å². The second-order valence-electron chi connectivity index (χ2n) is 7.43. The molecule has 1 aliphatic carbocycles. The lowest BCUT2D eigenvalue weighted by Crippen LogP contribution is -2.28. The molecule has 1 aliphatic rings. The minimum atomic E-state index is 0.0609. The molecule has 4 rings (SSSR count). The number of carbonyl (C=O) groups is 1. The van der Waals surface area contributed by atoms with Gasteiger partial charge in [0.1, 0.15) is 5.75 Å². The first kappa shape index (κ1) is 19.7. The summed E-state index contributed by atoms with van der Waals surface area (Å²) in [6.45, 7) is 0.564. The molecule has 1 aromatic heterocycles. The molecular formula is C21H25N5O2S. The lowest BCUT2D eigenvalue weighted by Gasteiger charge is -2.18. The third-order valence-electron chi connectivity index (χ3n) is 5.42. The van der Waals surface area contributed by atoms with Gasteiger partial charge in [-0.05, 0) is 57.8 Å². The van der Waals surface area contributed by atoms with E-state index in [1.165, 1.54) is 24.6 Å². The number of methoxy groups -OCH3 is 1. The molecule has 8 heteroatoms. The number of tetrazole rings is 1. The molecule has 0 aliphatic heterocycles. The van der Waals surface area contributed by atoms with Crippen molar-refractivity contribution in [3.8, 4) is 5.75 Å². The third-order valence-corrected chi connectivity index (χ3v) is 6.33. The van der Waals surface area contributed by atoms with E-state index >= 15 is 0 Å². The average molecular weight is 412 g/mol. The zero-order valence-corrected chi connectivity index (χ0v) is 17.6. The Morgan fingerprint density at radius 1 is 1.21 bits per heavy atom. The van der Waals surface area contributed by atoms with E-state index < -0.39 is 0 Å². The molecule has 1 fully saturated rings. The van der Waals surface area contributed by atoms with E-state index in [1.54, 1.807) is 12.0 Å². The van der Waals surface area contributed by atoms with Gasteiger partial charge in [0.05, 0.1) is 18.9 Å². The number of nitrogens with zero attached hydrogens (tertiary/aromatic N) is 5. The summed E-state index contributed by atoms with van der Waals surface area (Å²) in [7, 11) is 3.50. The molecule has 0 unspecified atom stereocenters. The van der Waals surface area contributed by atoms with E-state index in [0.717, 1.165) is 40.1 Å². The van der Waals surface area contributed by atoms with Gasteiger partial charge in [-0.25, -0.2) is 4.68 Å². The topological polar surface area (TPSA) is 73.1 Å². The van der Waals surface area contributed by atoms with Crippen LogP contribution in [0.4, 0.5) is 0 Å². The highest BCUT2D eigenvalue weighted by Crippen LogP contribution is 2.31. The first-order valence-corrected chi connectivity index (χ1v) is 10.8. The quantitative estimate of drug-likeness (QED) is 0.552. The smallest absolute Gasteiger partial charge is 0.233 e. The number of fused-ring (bicyclic) bond motifs is 1. The maximum atomic E-state index is 12.6. The van der Waals surface area contributed by atoms with Gasteiger partial charge in [-0.1, -0.05) is 42.8 Å². The van der Waals surface area contributed by atoms with Gasteiger partial charge in [-0.2, -0.15) is 0 Å². The van der Waals surface area contributed by atoms with Gasteiger partial charge >= 0.3 is 0 Å². The Balaban J connectivity index is 1.36. The van der Waals surface area contributed by atoms with Crippen molar-refractivity contribution in [2.45, 2.75) is 43.4 Å². The Labute approximate surface area is 174 Å². The van der Waals surface area contributed by atoms with Crippen LogP contribution in [-0.2, 0) is 11.3 Å². The van der Waals surface area contributed by atoms with Crippen LogP contribution in [0.15, 0.2) is 41.6 Å². The van der Waals surface area contributed by atoms with Gasteiger partial charge in [0.15, 0.2) is 0 Å². The predicted molar refractivity (Wildman–Crippen MR) is 113 cm³/mol. The zero-order valence-electron chi connectivity index (χ0n) is 16.7. The van der Waals surface area contributed by atoms with Crippen LogP contribution in [-0.4, -0.2) is 50.9 Å². The van der Waals surface area contributed by atoms with Crippen LogP contribution >= 0.6 is 11.8 Å². The lowest BCUT2D eigenvalue weighted by atomic mass is 10.1. The van der Waals surface area contributed by atoms with E-state index in [2.05, 4.69) is 33.7 Å². The number of ether oxygens (including phenoxy) is 1. The van der Waals surface area contributed by atoms with Crippen molar-refractivity contribution in [2.75, 3.05) is 19.9 Å². The van der Waals surface area contributed by atoms with Crippen LogP contribution < -0.4 is 4.74 Å². The third kappa shape index (κ3) is 4.53. The standard InChI is InChI=1S/C21H25N5O2S/c1-25(13-15-7-8-17-12-19(28-2)10-9-16(17)11-15)20(27)14-29-21-22-23-24-26(21)18-5-3-4-6-18/h7-12,18H,3-6,13-14H2,1-2H3. The number of hydrogen-bond acceptors (Lipinski definition) is 6. The molecule has 0 bridgehead atoms. The largest absolute Gasteiger partial charge is 0.497 e. The highest BCUT2D eigenvalue weighted by atomic mass is 32.2. The van der Waals surface area contributed by atoms with Gasteiger partial charge in [-0.3, -0.25) is 4.79 Å². The number of thioether (sulfide) groups is 1. The summed E-state index contributed by atoms with van der Waals surface area (Å²) in [6, 6.07) is 12.6. The van der Waals surface area contributed by atoms with Crippen LogP contribution in [0.2, 0.25) is 0 Å². The number of carbonyl (C=O) groups excluding carboxylic acids is 1. The molecule has 1 amide bonds. The van der Waals surface area contributed by atoms with E-state index in [4.69, 9.17) is 4.74 Å².